The van der Waals surface area contributed by atoms with E-state index >= 15 is 0 Å². The number of carbonyl (C=O) groups excluding carboxylic acids is 2. The summed E-state index contributed by atoms with van der Waals surface area (Å²) in [5, 5.41) is 11.5. The van der Waals surface area contributed by atoms with Gasteiger partial charge in [0.15, 0.2) is 6.10 Å². The van der Waals surface area contributed by atoms with E-state index in [2.05, 4.69) is 5.32 Å². The van der Waals surface area contributed by atoms with Gasteiger partial charge in [-0.3, -0.25) is 9.59 Å². The Morgan fingerprint density at radius 2 is 1.77 bits per heavy atom. The second-order valence-electron chi connectivity index (χ2n) is 6.00. The fourth-order valence-electron chi connectivity index (χ4n) is 2.30. The predicted octanol–water partition coefficient (Wildman–Crippen LogP) is 2.73. The van der Waals surface area contributed by atoms with Crippen molar-refractivity contribution < 1.29 is 14.3 Å². The zero-order chi connectivity index (χ0) is 19.1. The fourth-order valence-corrected chi connectivity index (χ4v) is 2.30. The van der Waals surface area contributed by atoms with Crippen molar-refractivity contribution in [2.24, 2.45) is 0 Å². The minimum Gasteiger partial charge on any atom is -0.481 e. The fraction of sp³-hybridized carbons (Fsp3) is 0.250. The average molecular weight is 351 g/mol. The lowest BCUT2D eigenvalue weighted by molar-refractivity contribution is -0.139. The molecule has 0 unspecified atom stereocenters. The first-order chi connectivity index (χ1) is 12.4. The van der Waals surface area contributed by atoms with E-state index in [1.165, 1.54) is 4.90 Å². The number of carbonyl (C=O) groups is 2. The molecule has 0 heterocycles. The first-order valence-electron chi connectivity index (χ1n) is 8.17. The summed E-state index contributed by atoms with van der Waals surface area (Å²) in [7, 11) is 1.55. The molecule has 0 saturated carbocycles. The molecule has 0 bridgehead atoms. The minimum atomic E-state index is -0.750. The van der Waals surface area contributed by atoms with Crippen LogP contribution in [-0.4, -0.2) is 36.4 Å². The average Bonchev–Trinajstić information content (AvgIpc) is 2.63. The third-order valence-electron chi connectivity index (χ3n) is 3.74. The summed E-state index contributed by atoms with van der Waals surface area (Å²) in [5.41, 5.74) is 2.30. The van der Waals surface area contributed by atoms with Gasteiger partial charge in [-0.2, -0.15) is 5.26 Å². The molecule has 1 N–H and O–H groups in total. The number of benzene rings is 2. The highest BCUT2D eigenvalue weighted by molar-refractivity contribution is 5.95. The molecule has 0 aliphatic carbocycles. The molecule has 0 aliphatic rings. The van der Waals surface area contributed by atoms with Crippen molar-refractivity contribution in [2.45, 2.75) is 20.0 Å². The highest BCUT2D eigenvalue weighted by Gasteiger charge is 2.21. The number of anilines is 1. The van der Waals surface area contributed by atoms with Crippen LogP contribution in [0.1, 0.15) is 18.1 Å². The summed E-state index contributed by atoms with van der Waals surface area (Å²) in [4.78, 5) is 25.8. The van der Waals surface area contributed by atoms with Gasteiger partial charge in [0.05, 0.1) is 18.2 Å². The summed E-state index contributed by atoms with van der Waals surface area (Å²) >= 11 is 0. The molecule has 134 valence electrons. The standard InChI is InChI=1S/C20H21N3O3/c1-14-4-8-17(9-5-14)22-19(24)13-23(3)20(25)15(2)26-18-10-6-16(12-21)7-11-18/h4-11,15H,13H2,1-3H3,(H,22,24)/t15-/m0/s1. The number of ether oxygens (including phenoxy) is 1. The summed E-state index contributed by atoms with van der Waals surface area (Å²) in [5.74, 6) is -0.106. The zero-order valence-electron chi connectivity index (χ0n) is 15.0. The Labute approximate surface area is 153 Å². The SMILES string of the molecule is Cc1ccc(NC(=O)CN(C)C(=O)[C@H](C)Oc2ccc(C#N)cc2)cc1. The van der Waals surface area contributed by atoms with E-state index in [0.717, 1.165) is 5.56 Å². The number of rotatable bonds is 6. The smallest absolute Gasteiger partial charge is 0.263 e. The van der Waals surface area contributed by atoms with Crippen molar-refractivity contribution in [2.75, 3.05) is 18.9 Å². The number of hydrogen-bond acceptors (Lipinski definition) is 4. The third-order valence-corrected chi connectivity index (χ3v) is 3.74. The number of likely N-dealkylation sites (N-methyl/N-ethyl adjacent to an activating group) is 1. The molecule has 6 nitrogen and oxygen atoms in total. The third kappa shape index (κ3) is 5.35. The van der Waals surface area contributed by atoms with Crippen molar-refractivity contribution in [3.8, 4) is 11.8 Å². The summed E-state index contributed by atoms with van der Waals surface area (Å²) < 4.78 is 5.58. The Balaban J connectivity index is 1.87. The second-order valence-corrected chi connectivity index (χ2v) is 6.00. The Bertz CT molecular complexity index is 808. The maximum Gasteiger partial charge on any atom is 0.263 e. The van der Waals surface area contributed by atoms with E-state index in [0.29, 0.717) is 17.0 Å². The van der Waals surface area contributed by atoms with Crippen LogP contribution < -0.4 is 10.1 Å². The van der Waals surface area contributed by atoms with Crippen LogP contribution in [0.5, 0.6) is 5.75 Å². The van der Waals surface area contributed by atoms with Crippen LogP contribution in [0.15, 0.2) is 48.5 Å². The van der Waals surface area contributed by atoms with Gasteiger partial charge >= 0.3 is 0 Å². The van der Waals surface area contributed by atoms with E-state index in [-0.39, 0.29) is 18.4 Å². The van der Waals surface area contributed by atoms with E-state index in [9.17, 15) is 9.59 Å². The Morgan fingerprint density at radius 1 is 1.15 bits per heavy atom. The molecule has 2 aromatic rings. The first-order valence-corrected chi connectivity index (χ1v) is 8.17. The predicted molar refractivity (Wildman–Crippen MR) is 98.7 cm³/mol. The number of aryl methyl sites for hydroxylation is 1. The molecule has 2 aromatic carbocycles. The Kier molecular flexibility index (Phi) is 6.34. The van der Waals surface area contributed by atoms with Gasteiger partial charge in [-0.05, 0) is 50.2 Å². The molecular formula is C20H21N3O3. The Morgan fingerprint density at radius 3 is 2.35 bits per heavy atom. The zero-order valence-corrected chi connectivity index (χ0v) is 15.0. The molecule has 0 radical (unpaired) electrons. The molecular weight excluding hydrogens is 330 g/mol. The van der Waals surface area contributed by atoms with Crippen LogP contribution in [0.4, 0.5) is 5.69 Å². The normalized spacial score (nSPS) is 11.2. The maximum absolute atomic E-state index is 12.4. The maximum atomic E-state index is 12.4. The van der Waals surface area contributed by atoms with Crippen molar-refractivity contribution in [1.29, 1.82) is 5.26 Å². The van der Waals surface area contributed by atoms with Crippen LogP contribution >= 0.6 is 0 Å². The van der Waals surface area contributed by atoms with Crippen LogP contribution in [0.3, 0.4) is 0 Å². The number of nitrogens with one attached hydrogen (secondary N) is 1. The highest BCUT2D eigenvalue weighted by Crippen LogP contribution is 2.14. The lowest BCUT2D eigenvalue weighted by Gasteiger charge is -2.21. The molecule has 6 heteroatoms. The second kappa shape index (κ2) is 8.67. The molecule has 1 atom stereocenters. The van der Waals surface area contributed by atoms with Crippen molar-refractivity contribution in [3.05, 3.63) is 59.7 Å². The van der Waals surface area contributed by atoms with Gasteiger partial charge in [0, 0.05) is 12.7 Å². The molecule has 0 aromatic heterocycles. The van der Waals surface area contributed by atoms with Gasteiger partial charge in [0.2, 0.25) is 5.91 Å². The quantitative estimate of drug-likeness (QED) is 0.867. The summed E-state index contributed by atoms with van der Waals surface area (Å²) in [6.45, 7) is 3.51. The molecule has 2 rings (SSSR count). The largest absolute Gasteiger partial charge is 0.481 e. The van der Waals surface area contributed by atoms with E-state index < -0.39 is 6.10 Å². The molecule has 0 aliphatic heterocycles. The summed E-state index contributed by atoms with van der Waals surface area (Å²) in [6.07, 6.45) is -0.750. The van der Waals surface area contributed by atoms with Gasteiger partial charge in [0.25, 0.3) is 5.91 Å². The lowest BCUT2D eigenvalue weighted by Crippen LogP contribution is -2.41. The summed E-state index contributed by atoms with van der Waals surface area (Å²) in [6, 6.07) is 15.9. The topological polar surface area (TPSA) is 82.4 Å². The van der Waals surface area contributed by atoms with Gasteiger partial charge in [-0.15, -0.1) is 0 Å². The molecule has 2 amide bonds. The van der Waals surface area contributed by atoms with Crippen LogP contribution in [0.25, 0.3) is 0 Å². The van der Waals surface area contributed by atoms with Gasteiger partial charge in [0.1, 0.15) is 5.75 Å². The number of hydrogen-bond donors (Lipinski definition) is 1. The molecule has 26 heavy (non-hydrogen) atoms. The molecule has 0 saturated heterocycles. The van der Waals surface area contributed by atoms with Crippen LogP contribution in [0.2, 0.25) is 0 Å². The van der Waals surface area contributed by atoms with Gasteiger partial charge in [-0.25, -0.2) is 0 Å². The molecule has 0 spiro atoms. The lowest BCUT2D eigenvalue weighted by atomic mass is 10.2. The van der Waals surface area contributed by atoms with E-state index in [4.69, 9.17) is 10.00 Å². The molecule has 0 fully saturated rings. The van der Waals surface area contributed by atoms with Crippen molar-refractivity contribution in [1.82, 2.24) is 4.90 Å². The monoisotopic (exact) mass is 351 g/mol. The van der Waals surface area contributed by atoms with Gasteiger partial charge in [-0.1, -0.05) is 17.7 Å². The number of nitriles is 1. The Hall–Kier alpha value is -3.33. The van der Waals surface area contributed by atoms with E-state index in [1.807, 2.05) is 37.3 Å². The van der Waals surface area contributed by atoms with Crippen LogP contribution in [0, 0.1) is 18.3 Å². The van der Waals surface area contributed by atoms with Gasteiger partial charge < -0.3 is 15.0 Å². The highest BCUT2D eigenvalue weighted by atomic mass is 16.5. The number of amides is 2. The van der Waals surface area contributed by atoms with Crippen molar-refractivity contribution >= 4 is 17.5 Å². The number of nitrogens with zero attached hydrogens (tertiary/aromatic N) is 2. The van der Waals surface area contributed by atoms with Crippen molar-refractivity contribution in [3.63, 3.8) is 0 Å². The van der Waals surface area contributed by atoms with E-state index in [1.54, 1.807) is 38.2 Å². The minimum absolute atomic E-state index is 0.0756. The first kappa shape index (κ1) is 19.0. The van der Waals surface area contributed by atoms with Crippen LogP contribution in [-0.2, 0) is 9.59 Å².